The third kappa shape index (κ3) is 8.37. The average molecular weight is 367 g/mol. The lowest BCUT2D eigenvalue weighted by atomic mass is 9.92. The number of unbranched alkanes of at least 4 members (excludes halogenated alkanes) is 8. The number of carbonyl (C=O) groups is 2. The Labute approximate surface area is 159 Å². The number of carbonyl (C=O) groups excluding carboxylic acids is 2. The van der Waals surface area contributed by atoms with Gasteiger partial charge in [0.25, 0.3) is 0 Å². The Morgan fingerprint density at radius 2 is 1.35 bits per heavy atom. The van der Waals surface area contributed by atoms with E-state index in [1.165, 1.54) is 38.5 Å². The molecule has 0 radical (unpaired) electrons. The molecule has 0 heterocycles. The van der Waals surface area contributed by atoms with Gasteiger partial charge in [-0.05, 0) is 26.2 Å². The van der Waals surface area contributed by atoms with Crippen molar-refractivity contribution in [2.75, 3.05) is 13.2 Å². The highest BCUT2D eigenvalue weighted by atomic mass is 16.5. The molecule has 0 aromatic rings. The number of hydrogen-bond donors (Lipinski definition) is 0. The zero-order chi connectivity index (χ0) is 19.2. The second-order valence-corrected chi connectivity index (χ2v) is 7.43. The summed E-state index contributed by atoms with van der Waals surface area (Å²) in [6, 6.07) is 0. The molecule has 0 fully saturated rings. The van der Waals surface area contributed by atoms with Crippen molar-refractivity contribution in [3.63, 3.8) is 0 Å². The SMILES string of the molecule is CCCCCCCOC(=O)C1CC=C(C)C1C(=O)OCCCCCCC. The molecule has 0 saturated carbocycles. The second kappa shape index (κ2) is 13.8. The van der Waals surface area contributed by atoms with E-state index in [9.17, 15) is 9.59 Å². The number of hydrogen-bond acceptors (Lipinski definition) is 4. The van der Waals surface area contributed by atoms with Crippen molar-refractivity contribution in [1.82, 2.24) is 0 Å². The first kappa shape index (κ1) is 22.7. The highest BCUT2D eigenvalue weighted by Crippen LogP contribution is 2.33. The van der Waals surface area contributed by atoms with Crippen LogP contribution < -0.4 is 0 Å². The van der Waals surface area contributed by atoms with Gasteiger partial charge in [0.15, 0.2) is 0 Å². The fourth-order valence-corrected chi connectivity index (χ4v) is 3.43. The van der Waals surface area contributed by atoms with Crippen molar-refractivity contribution in [2.24, 2.45) is 11.8 Å². The maximum atomic E-state index is 12.4. The fourth-order valence-electron chi connectivity index (χ4n) is 3.43. The van der Waals surface area contributed by atoms with E-state index in [1.54, 1.807) is 0 Å². The fraction of sp³-hybridized carbons (Fsp3) is 0.818. The quantitative estimate of drug-likeness (QED) is 0.228. The van der Waals surface area contributed by atoms with E-state index >= 15 is 0 Å². The summed E-state index contributed by atoms with van der Waals surface area (Å²) in [6.07, 6.45) is 13.8. The van der Waals surface area contributed by atoms with Gasteiger partial charge in [-0.15, -0.1) is 0 Å². The van der Waals surface area contributed by atoms with E-state index in [4.69, 9.17) is 9.47 Å². The van der Waals surface area contributed by atoms with E-state index in [-0.39, 0.29) is 11.9 Å². The topological polar surface area (TPSA) is 52.6 Å². The van der Waals surface area contributed by atoms with Crippen molar-refractivity contribution >= 4 is 11.9 Å². The number of allylic oxidation sites excluding steroid dienone is 1. The number of ether oxygens (including phenoxy) is 2. The first-order valence-corrected chi connectivity index (χ1v) is 10.6. The van der Waals surface area contributed by atoms with E-state index in [0.717, 1.165) is 31.3 Å². The molecule has 1 rings (SSSR count). The van der Waals surface area contributed by atoms with E-state index in [2.05, 4.69) is 13.8 Å². The molecule has 0 aromatic heterocycles. The van der Waals surface area contributed by atoms with Crippen LogP contribution in [0.5, 0.6) is 0 Å². The highest BCUT2D eigenvalue weighted by molar-refractivity contribution is 5.85. The zero-order valence-electron chi connectivity index (χ0n) is 17.1. The van der Waals surface area contributed by atoms with Crippen LogP contribution in [0.3, 0.4) is 0 Å². The van der Waals surface area contributed by atoms with E-state index in [0.29, 0.717) is 19.6 Å². The van der Waals surface area contributed by atoms with Crippen molar-refractivity contribution in [1.29, 1.82) is 0 Å². The molecule has 4 nitrogen and oxygen atoms in total. The van der Waals surface area contributed by atoms with Gasteiger partial charge in [-0.25, -0.2) is 0 Å². The molecule has 4 heteroatoms. The predicted octanol–water partition coefficient (Wildman–Crippen LogP) is 5.60. The molecule has 0 saturated heterocycles. The molecule has 26 heavy (non-hydrogen) atoms. The van der Waals surface area contributed by atoms with Crippen LogP contribution in [0.1, 0.15) is 91.4 Å². The van der Waals surface area contributed by atoms with Gasteiger partial charge in [-0.3, -0.25) is 9.59 Å². The first-order valence-electron chi connectivity index (χ1n) is 10.6. The standard InChI is InChI=1S/C22H38O4/c1-4-6-8-10-12-16-25-21(23)19-15-14-18(3)20(19)22(24)26-17-13-11-9-7-5-2/h14,19-20H,4-13,15-17H2,1-3H3. The van der Waals surface area contributed by atoms with Gasteiger partial charge < -0.3 is 9.47 Å². The van der Waals surface area contributed by atoms with Gasteiger partial charge >= 0.3 is 11.9 Å². The van der Waals surface area contributed by atoms with Crippen LogP contribution in [0, 0.1) is 11.8 Å². The van der Waals surface area contributed by atoms with Gasteiger partial charge in [0, 0.05) is 0 Å². The molecule has 0 bridgehead atoms. The van der Waals surface area contributed by atoms with Gasteiger partial charge in [0.1, 0.15) is 0 Å². The largest absolute Gasteiger partial charge is 0.465 e. The van der Waals surface area contributed by atoms with E-state index in [1.807, 2.05) is 13.0 Å². The Bertz CT molecular complexity index is 441. The first-order chi connectivity index (χ1) is 12.6. The normalized spacial score (nSPS) is 19.3. The average Bonchev–Trinajstić information content (AvgIpc) is 3.02. The van der Waals surface area contributed by atoms with Crippen LogP contribution in [-0.2, 0) is 19.1 Å². The van der Waals surface area contributed by atoms with Crippen molar-refractivity contribution in [3.05, 3.63) is 11.6 Å². The Kier molecular flexibility index (Phi) is 12.1. The predicted molar refractivity (Wildman–Crippen MR) is 105 cm³/mol. The number of esters is 2. The molecule has 2 atom stereocenters. The van der Waals surface area contributed by atoms with Crippen molar-refractivity contribution in [2.45, 2.75) is 91.4 Å². The van der Waals surface area contributed by atoms with E-state index < -0.39 is 11.8 Å². The summed E-state index contributed by atoms with van der Waals surface area (Å²) in [5.74, 6) is -1.38. The van der Waals surface area contributed by atoms with Crippen LogP contribution in [0.4, 0.5) is 0 Å². The Morgan fingerprint density at radius 3 is 1.88 bits per heavy atom. The molecule has 0 aliphatic heterocycles. The molecule has 0 amide bonds. The minimum absolute atomic E-state index is 0.251. The van der Waals surface area contributed by atoms with Crippen LogP contribution in [0.2, 0.25) is 0 Å². The Hall–Kier alpha value is -1.32. The summed E-state index contributed by atoms with van der Waals surface area (Å²) in [6.45, 7) is 7.17. The molecular weight excluding hydrogens is 328 g/mol. The molecule has 0 spiro atoms. The van der Waals surface area contributed by atoms with Crippen LogP contribution in [-0.4, -0.2) is 25.2 Å². The lowest BCUT2D eigenvalue weighted by molar-refractivity contribution is -0.158. The minimum Gasteiger partial charge on any atom is -0.465 e. The van der Waals surface area contributed by atoms with Gasteiger partial charge in [0.2, 0.25) is 0 Å². The Morgan fingerprint density at radius 1 is 0.846 bits per heavy atom. The lowest BCUT2D eigenvalue weighted by Crippen LogP contribution is -2.30. The second-order valence-electron chi connectivity index (χ2n) is 7.43. The van der Waals surface area contributed by atoms with Crippen molar-refractivity contribution in [3.8, 4) is 0 Å². The summed E-state index contributed by atoms with van der Waals surface area (Å²) in [4.78, 5) is 24.8. The molecule has 150 valence electrons. The zero-order valence-corrected chi connectivity index (χ0v) is 17.1. The summed E-state index contributed by atoms with van der Waals surface area (Å²) in [7, 11) is 0. The summed E-state index contributed by atoms with van der Waals surface area (Å²) in [5, 5.41) is 0. The van der Waals surface area contributed by atoms with Crippen LogP contribution in [0.25, 0.3) is 0 Å². The van der Waals surface area contributed by atoms with Crippen molar-refractivity contribution < 1.29 is 19.1 Å². The third-order valence-corrected chi connectivity index (χ3v) is 5.13. The summed E-state index contributed by atoms with van der Waals surface area (Å²) < 4.78 is 10.9. The van der Waals surface area contributed by atoms with Gasteiger partial charge in [0.05, 0.1) is 25.0 Å². The molecule has 2 unspecified atom stereocenters. The minimum atomic E-state index is -0.460. The highest BCUT2D eigenvalue weighted by Gasteiger charge is 2.40. The molecule has 1 aliphatic rings. The molecule has 0 N–H and O–H groups in total. The van der Waals surface area contributed by atoms with Gasteiger partial charge in [-0.2, -0.15) is 0 Å². The smallest absolute Gasteiger partial charge is 0.313 e. The summed E-state index contributed by atoms with van der Waals surface area (Å²) >= 11 is 0. The summed E-state index contributed by atoms with van der Waals surface area (Å²) in [5.41, 5.74) is 0.936. The maximum Gasteiger partial charge on any atom is 0.313 e. The molecular formula is C22H38O4. The molecule has 1 aliphatic carbocycles. The third-order valence-electron chi connectivity index (χ3n) is 5.13. The monoisotopic (exact) mass is 366 g/mol. The molecule has 0 aromatic carbocycles. The Balaban J connectivity index is 2.31. The maximum absolute atomic E-state index is 12.4. The lowest BCUT2D eigenvalue weighted by Gasteiger charge is -2.19. The number of rotatable bonds is 14. The van der Waals surface area contributed by atoms with Crippen LogP contribution in [0.15, 0.2) is 11.6 Å². The van der Waals surface area contributed by atoms with Crippen LogP contribution >= 0.6 is 0 Å². The van der Waals surface area contributed by atoms with Gasteiger partial charge in [-0.1, -0.05) is 76.9 Å².